The Hall–Kier alpha value is -2.45. The summed E-state index contributed by atoms with van der Waals surface area (Å²) in [5.74, 6) is -1.76. The van der Waals surface area contributed by atoms with Crippen molar-refractivity contribution in [1.29, 1.82) is 0 Å². The van der Waals surface area contributed by atoms with Crippen molar-refractivity contribution in [1.82, 2.24) is 0 Å². The highest BCUT2D eigenvalue weighted by Gasteiger charge is 2.25. The number of ether oxygens (including phenoxy) is 3. The standard InChI is InChI=1S/C46H83NO7/c1-6-8-10-12-14-16-18-20-21-22-23-25-27-29-31-33-35-37-45(49)54-42(40-52-39-38-43(46(50)51)47(3,4)5)41-53-44(48)36-34-32-30-28-26-24-19-17-15-13-11-9-7-2/h9,11,13,15,17,19,42-43H,6-8,10,12,14,16,18,20-41H2,1-5H3/b11-9+,15-13+,19-17+. The van der Waals surface area contributed by atoms with Crippen LogP contribution in [0.5, 0.6) is 0 Å². The monoisotopic (exact) mass is 762 g/mol. The van der Waals surface area contributed by atoms with Gasteiger partial charge in [0.2, 0.25) is 0 Å². The van der Waals surface area contributed by atoms with E-state index in [1.54, 1.807) is 21.1 Å². The van der Waals surface area contributed by atoms with Crippen molar-refractivity contribution < 1.29 is 38.2 Å². The van der Waals surface area contributed by atoms with Crippen LogP contribution in [0.2, 0.25) is 0 Å². The van der Waals surface area contributed by atoms with E-state index >= 15 is 0 Å². The second kappa shape index (κ2) is 37.5. The van der Waals surface area contributed by atoms with Gasteiger partial charge in [0, 0.05) is 19.3 Å². The first-order chi connectivity index (χ1) is 26.1. The molecule has 0 radical (unpaired) electrons. The SMILES string of the molecule is CC/C=C/C=C/C=C/CCCCCCCC(=O)OCC(COCCC(C(=O)[O-])[N+](C)(C)C)OC(=O)CCCCCCCCCCCCCCCCCCC. The first kappa shape index (κ1) is 51.5. The van der Waals surface area contributed by atoms with Gasteiger partial charge in [-0.3, -0.25) is 9.59 Å². The molecule has 0 fully saturated rings. The summed E-state index contributed by atoms with van der Waals surface area (Å²) in [6.07, 6.45) is 41.7. The van der Waals surface area contributed by atoms with Crippen LogP contribution in [0.15, 0.2) is 36.5 Å². The van der Waals surface area contributed by atoms with Crippen LogP contribution >= 0.6 is 0 Å². The maximum Gasteiger partial charge on any atom is 0.306 e. The number of carbonyl (C=O) groups is 3. The third-order valence-corrected chi connectivity index (χ3v) is 9.85. The lowest BCUT2D eigenvalue weighted by atomic mass is 10.0. The average Bonchev–Trinajstić information content (AvgIpc) is 3.12. The molecule has 0 aliphatic heterocycles. The number of unbranched alkanes of at least 4 members (excludes halogenated alkanes) is 21. The quantitative estimate of drug-likeness (QED) is 0.0266. The van der Waals surface area contributed by atoms with Crippen molar-refractivity contribution in [2.24, 2.45) is 0 Å². The third kappa shape index (κ3) is 35.3. The van der Waals surface area contributed by atoms with Crippen molar-refractivity contribution in [2.45, 2.75) is 199 Å². The molecular formula is C46H83NO7. The molecule has 0 N–H and O–H groups in total. The minimum absolute atomic E-state index is 0.0364. The number of hydrogen-bond donors (Lipinski definition) is 0. The van der Waals surface area contributed by atoms with E-state index in [0.29, 0.717) is 12.8 Å². The van der Waals surface area contributed by atoms with Crippen LogP contribution < -0.4 is 5.11 Å². The second-order valence-electron chi connectivity index (χ2n) is 16.0. The molecule has 0 spiro atoms. The number of quaternary nitrogens is 1. The Morgan fingerprint density at radius 3 is 1.52 bits per heavy atom. The summed E-state index contributed by atoms with van der Waals surface area (Å²) in [6, 6.07) is -0.727. The molecule has 0 rings (SSSR count). The highest BCUT2D eigenvalue weighted by molar-refractivity contribution is 5.70. The molecule has 0 aromatic carbocycles. The maximum absolute atomic E-state index is 12.7. The fourth-order valence-corrected chi connectivity index (χ4v) is 6.42. The number of rotatable bonds is 39. The van der Waals surface area contributed by atoms with E-state index in [1.165, 1.54) is 89.9 Å². The molecule has 0 aliphatic carbocycles. The number of carboxylic acids is 1. The molecule has 0 saturated carbocycles. The van der Waals surface area contributed by atoms with Crippen molar-refractivity contribution in [3.05, 3.63) is 36.5 Å². The Morgan fingerprint density at radius 1 is 0.574 bits per heavy atom. The van der Waals surface area contributed by atoms with Gasteiger partial charge < -0.3 is 28.6 Å². The lowest BCUT2D eigenvalue weighted by Crippen LogP contribution is -2.55. The minimum Gasteiger partial charge on any atom is -0.544 e. The number of carbonyl (C=O) groups excluding carboxylic acids is 3. The van der Waals surface area contributed by atoms with E-state index < -0.39 is 18.1 Å². The van der Waals surface area contributed by atoms with E-state index in [9.17, 15) is 19.5 Å². The maximum atomic E-state index is 12.7. The lowest BCUT2D eigenvalue weighted by Gasteiger charge is -2.34. The van der Waals surface area contributed by atoms with Crippen LogP contribution in [0.1, 0.15) is 187 Å². The molecule has 0 saturated heterocycles. The van der Waals surface area contributed by atoms with E-state index in [-0.39, 0.29) is 42.7 Å². The second-order valence-corrected chi connectivity index (χ2v) is 16.0. The smallest absolute Gasteiger partial charge is 0.306 e. The zero-order chi connectivity index (χ0) is 40.0. The average molecular weight is 762 g/mol. The summed E-state index contributed by atoms with van der Waals surface area (Å²) in [5.41, 5.74) is 0. The zero-order valence-electron chi connectivity index (χ0n) is 35.6. The summed E-state index contributed by atoms with van der Waals surface area (Å²) >= 11 is 0. The highest BCUT2D eigenvalue weighted by Crippen LogP contribution is 2.15. The summed E-state index contributed by atoms with van der Waals surface area (Å²) < 4.78 is 17.1. The molecule has 8 heteroatoms. The summed E-state index contributed by atoms with van der Waals surface area (Å²) in [4.78, 5) is 36.8. The first-order valence-electron chi connectivity index (χ1n) is 22.0. The largest absolute Gasteiger partial charge is 0.544 e. The Kier molecular flexibility index (Phi) is 35.8. The molecule has 2 atom stereocenters. The number of nitrogens with zero attached hydrogens (tertiary/aromatic N) is 1. The van der Waals surface area contributed by atoms with Crippen LogP contribution in [0.3, 0.4) is 0 Å². The van der Waals surface area contributed by atoms with Crippen molar-refractivity contribution in [2.75, 3.05) is 41.0 Å². The molecule has 314 valence electrons. The van der Waals surface area contributed by atoms with Gasteiger partial charge in [-0.05, 0) is 32.1 Å². The third-order valence-electron chi connectivity index (χ3n) is 9.85. The molecule has 8 nitrogen and oxygen atoms in total. The number of carboxylic acid groups (broad SMARTS) is 1. The molecule has 0 heterocycles. The molecule has 0 bridgehead atoms. The number of allylic oxidation sites excluding steroid dienone is 6. The van der Waals surface area contributed by atoms with Gasteiger partial charge >= 0.3 is 11.9 Å². The van der Waals surface area contributed by atoms with E-state index in [1.807, 2.05) is 6.08 Å². The van der Waals surface area contributed by atoms with Crippen LogP contribution in [0.25, 0.3) is 0 Å². The molecule has 0 aromatic heterocycles. The van der Waals surface area contributed by atoms with Gasteiger partial charge in [-0.1, -0.05) is 172 Å². The number of hydrogen-bond acceptors (Lipinski definition) is 7. The summed E-state index contributed by atoms with van der Waals surface area (Å²) in [5, 5.41) is 11.6. The van der Waals surface area contributed by atoms with Crippen LogP contribution in [-0.2, 0) is 28.6 Å². The number of likely N-dealkylation sites (N-methyl/N-ethyl adjacent to an activating group) is 1. The first-order valence-corrected chi connectivity index (χ1v) is 22.0. The van der Waals surface area contributed by atoms with E-state index in [2.05, 4.69) is 44.2 Å². The van der Waals surface area contributed by atoms with Crippen molar-refractivity contribution >= 4 is 17.9 Å². The van der Waals surface area contributed by atoms with Crippen LogP contribution in [0.4, 0.5) is 0 Å². The Bertz CT molecular complexity index is 984. The predicted molar refractivity (Wildman–Crippen MR) is 222 cm³/mol. The normalized spacial score (nSPS) is 13.3. The van der Waals surface area contributed by atoms with Gasteiger partial charge in [0.05, 0.1) is 40.3 Å². The molecule has 54 heavy (non-hydrogen) atoms. The lowest BCUT2D eigenvalue weighted by molar-refractivity contribution is -0.889. The Balaban J connectivity index is 4.33. The van der Waals surface area contributed by atoms with Crippen molar-refractivity contribution in [3.63, 3.8) is 0 Å². The van der Waals surface area contributed by atoms with Gasteiger partial charge in [-0.15, -0.1) is 0 Å². The Morgan fingerprint density at radius 2 is 1.04 bits per heavy atom. The Labute approximate surface area is 332 Å². The zero-order valence-corrected chi connectivity index (χ0v) is 35.6. The minimum atomic E-state index is -1.13. The van der Waals surface area contributed by atoms with Crippen molar-refractivity contribution in [3.8, 4) is 0 Å². The van der Waals surface area contributed by atoms with Gasteiger partial charge in [-0.2, -0.15) is 0 Å². The predicted octanol–water partition coefficient (Wildman–Crippen LogP) is 10.5. The van der Waals surface area contributed by atoms with Crippen LogP contribution in [0, 0.1) is 0 Å². The fraction of sp³-hybridized carbons (Fsp3) is 0.804. The molecule has 0 amide bonds. The van der Waals surface area contributed by atoms with E-state index in [0.717, 1.165) is 64.2 Å². The van der Waals surface area contributed by atoms with Gasteiger partial charge in [0.1, 0.15) is 12.6 Å². The number of esters is 2. The molecule has 2 unspecified atom stereocenters. The van der Waals surface area contributed by atoms with Gasteiger partial charge in [0.15, 0.2) is 6.10 Å². The highest BCUT2D eigenvalue weighted by atomic mass is 16.6. The summed E-state index contributed by atoms with van der Waals surface area (Å²) in [6.45, 7) is 4.52. The fourth-order valence-electron chi connectivity index (χ4n) is 6.42. The molecular weight excluding hydrogens is 679 g/mol. The van der Waals surface area contributed by atoms with E-state index in [4.69, 9.17) is 14.2 Å². The molecule has 0 aromatic rings. The van der Waals surface area contributed by atoms with Gasteiger partial charge in [-0.25, -0.2) is 0 Å². The van der Waals surface area contributed by atoms with Gasteiger partial charge in [0.25, 0.3) is 0 Å². The molecule has 0 aliphatic rings. The number of aliphatic carboxylic acids is 1. The topological polar surface area (TPSA) is 102 Å². The summed E-state index contributed by atoms with van der Waals surface area (Å²) in [7, 11) is 5.40. The van der Waals surface area contributed by atoms with Crippen LogP contribution in [-0.4, -0.2) is 75.5 Å².